The summed E-state index contributed by atoms with van der Waals surface area (Å²) in [6, 6.07) is 16.1. The summed E-state index contributed by atoms with van der Waals surface area (Å²) in [4.78, 5) is 32.0. The average molecular weight is 512 g/mol. The molecule has 2 amide bonds. The number of nitrogens with two attached hydrogens (primary N) is 2. The largest absolute Gasteiger partial charge is 0.489 e. The number of nitrogens with one attached hydrogen (secondary N) is 1. The lowest BCUT2D eigenvalue weighted by atomic mass is 10.1. The lowest BCUT2D eigenvalue weighted by molar-refractivity contribution is 0.0783. The zero-order chi connectivity index (χ0) is 26.6. The van der Waals surface area contributed by atoms with E-state index in [0.717, 1.165) is 16.7 Å². The highest BCUT2D eigenvalue weighted by Crippen LogP contribution is 2.23. The monoisotopic (exact) mass is 511 g/mol. The zero-order valence-electron chi connectivity index (χ0n) is 21.0. The van der Waals surface area contributed by atoms with Crippen molar-refractivity contribution in [2.75, 3.05) is 24.6 Å². The topological polar surface area (TPSA) is 141 Å². The normalized spacial score (nSPS) is 14.9. The molecule has 0 unspecified atom stereocenters. The van der Waals surface area contributed by atoms with Crippen LogP contribution in [0, 0.1) is 0 Å². The second-order valence-corrected chi connectivity index (χ2v) is 9.33. The van der Waals surface area contributed by atoms with Crippen molar-refractivity contribution < 1.29 is 14.3 Å². The van der Waals surface area contributed by atoms with Gasteiger partial charge in [0, 0.05) is 61.0 Å². The van der Waals surface area contributed by atoms with E-state index < -0.39 is 0 Å². The maximum absolute atomic E-state index is 13.1. The maximum Gasteiger partial charge on any atom is 0.255 e. The highest BCUT2D eigenvalue weighted by atomic mass is 16.5. The minimum absolute atomic E-state index is 0.0936. The van der Waals surface area contributed by atoms with E-state index in [1.807, 2.05) is 37.5 Å². The van der Waals surface area contributed by atoms with Gasteiger partial charge in [0.2, 0.25) is 0 Å². The molecule has 2 aromatic carbocycles. The third-order valence-corrected chi connectivity index (χ3v) is 6.47. The van der Waals surface area contributed by atoms with Crippen LogP contribution >= 0.6 is 0 Å². The summed E-state index contributed by atoms with van der Waals surface area (Å²) in [5.41, 5.74) is 15.9. The summed E-state index contributed by atoms with van der Waals surface area (Å²) >= 11 is 0. The highest BCUT2D eigenvalue weighted by Gasteiger charge is 2.29. The van der Waals surface area contributed by atoms with Crippen LogP contribution < -0.4 is 21.5 Å². The molecule has 0 radical (unpaired) electrons. The molecule has 0 bridgehead atoms. The maximum atomic E-state index is 13.1. The van der Waals surface area contributed by atoms with Gasteiger partial charge in [-0.05, 0) is 54.4 Å². The molecule has 2 aromatic heterocycles. The van der Waals surface area contributed by atoms with Gasteiger partial charge < -0.3 is 26.4 Å². The van der Waals surface area contributed by atoms with Crippen LogP contribution in [-0.4, -0.2) is 50.6 Å². The fraction of sp³-hybridized carbons (Fsp3) is 0.214. The Bertz CT molecular complexity index is 1470. The second-order valence-electron chi connectivity index (χ2n) is 9.33. The number of nitrogen functional groups attached to an aromatic ring is 2. The van der Waals surface area contributed by atoms with Gasteiger partial charge >= 0.3 is 0 Å². The lowest BCUT2D eigenvalue weighted by Gasteiger charge is -2.18. The summed E-state index contributed by atoms with van der Waals surface area (Å²) in [6.45, 7) is 1.34. The predicted molar refractivity (Wildman–Crippen MR) is 144 cm³/mol. The van der Waals surface area contributed by atoms with Gasteiger partial charge in [-0.3, -0.25) is 14.3 Å². The lowest BCUT2D eigenvalue weighted by Crippen LogP contribution is -2.38. The van der Waals surface area contributed by atoms with Crippen molar-refractivity contribution in [2.45, 2.75) is 19.1 Å². The van der Waals surface area contributed by atoms with Crippen molar-refractivity contribution in [3.8, 4) is 16.9 Å². The minimum atomic E-state index is -0.318. The van der Waals surface area contributed by atoms with E-state index in [-0.39, 0.29) is 23.7 Å². The molecule has 10 heteroatoms. The number of benzene rings is 2. The van der Waals surface area contributed by atoms with Gasteiger partial charge in [-0.25, -0.2) is 4.98 Å². The number of likely N-dealkylation sites (tertiary alicyclic amines) is 1. The van der Waals surface area contributed by atoms with Crippen molar-refractivity contribution in [3.05, 3.63) is 89.9 Å². The fourth-order valence-electron chi connectivity index (χ4n) is 4.44. The number of ether oxygens (including phenoxy) is 1. The van der Waals surface area contributed by atoms with Gasteiger partial charge in [0.05, 0.1) is 11.8 Å². The first-order valence-electron chi connectivity index (χ1n) is 12.3. The molecule has 1 fully saturated rings. The number of aryl methyl sites for hydroxylation is 1. The van der Waals surface area contributed by atoms with Crippen LogP contribution in [0.15, 0.2) is 73.2 Å². The number of pyridine rings is 1. The predicted octanol–water partition coefficient (Wildman–Crippen LogP) is 2.87. The van der Waals surface area contributed by atoms with Crippen molar-refractivity contribution in [2.24, 2.45) is 7.05 Å². The second kappa shape index (κ2) is 10.6. The third kappa shape index (κ3) is 5.59. The molecule has 0 spiro atoms. The summed E-state index contributed by atoms with van der Waals surface area (Å²) < 4.78 is 7.49. The fourth-order valence-corrected chi connectivity index (χ4v) is 4.44. The van der Waals surface area contributed by atoms with Gasteiger partial charge in [0.1, 0.15) is 18.2 Å². The molecule has 1 saturated heterocycles. The van der Waals surface area contributed by atoms with Crippen molar-refractivity contribution in [3.63, 3.8) is 0 Å². The van der Waals surface area contributed by atoms with Gasteiger partial charge in [-0.1, -0.05) is 12.1 Å². The number of nitrogens with zero attached hydrogens (tertiary/aromatic N) is 4. The van der Waals surface area contributed by atoms with Crippen LogP contribution in [0.3, 0.4) is 0 Å². The number of aromatic nitrogens is 3. The Morgan fingerprint density at radius 2 is 1.89 bits per heavy atom. The number of hydrogen-bond donors (Lipinski definition) is 3. The van der Waals surface area contributed by atoms with E-state index in [2.05, 4.69) is 15.4 Å². The van der Waals surface area contributed by atoms with E-state index >= 15 is 0 Å². The van der Waals surface area contributed by atoms with Crippen molar-refractivity contribution >= 4 is 23.3 Å². The molecule has 5 N–H and O–H groups in total. The molecule has 1 aliphatic rings. The van der Waals surface area contributed by atoms with Crippen LogP contribution in [0.1, 0.15) is 32.7 Å². The Morgan fingerprint density at radius 1 is 1.08 bits per heavy atom. The van der Waals surface area contributed by atoms with Crippen LogP contribution in [0.4, 0.5) is 11.5 Å². The Balaban J connectivity index is 1.17. The Kier molecular flexibility index (Phi) is 6.94. The van der Waals surface area contributed by atoms with E-state index in [4.69, 9.17) is 16.2 Å². The standard InChI is InChI=1S/C28H29N7O3/c1-34-15-21(14-32-34)20-12-25(26(30)31-13-20)27(36)33-23-9-10-35(16-23)28(37)19-5-7-24(8-6-19)38-17-18-3-2-4-22(29)11-18/h2-8,11-15,23H,9-10,16-17,29H2,1H3,(H2,30,31)(H,33,36)/t23-/m1/s1. The van der Waals surface area contributed by atoms with E-state index in [9.17, 15) is 9.59 Å². The molecular weight excluding hydrogens is 482 g/mol. The molecule has 38 heavy (non-hydrogen) atoms. The molecule has 5 rings (SSSR count). The molecule has 4 aromatic rings. The molecule has 0 saturated carbocycles. The summed E-state index contributed by atoms with van der Waals surface area (Å²) in [5, 5.41) is 7.16. The number of hydrogen-bond acceptors (Lipinski definition) is 7. The van der Waals surface area contributed by atoms with Gasteiger partial charge in [-0.2, -0.15) is 5.10 Å². The average Bonchev–Trinajstić information content (AvgIpc) is 3.57. The van der Waals surface area contributed by atoms with Crippen LogP contribution in [-0.2, 0) is 13.7 Å². The number of rotatable bonds is 7. The SMILES string of the molecule is Cn1cc(-c2cnc(N)c(C(=O)N[C@@H]3CCN(C(=O)c4ccc(OCc5cccc(N)c5)cc4)C3)c2)cn1. The van der Waals surface area contributed by atoms with Gasteiger partial charge in [0.15, 0.2) is 0 Å². The van der Waals surface area contributed by atoms with E-state index in [1.165, 1.54) is 0 Å². The van der Waals surface area contributed by atoms with E-state index in [1.54, 1.807) is 52.3 Å². The molecular formula is C28H29N7O3. The summed E-state index contributed by atoms with van der Waals surface area (Å²) in [5.74, 6) is 0.403. The zero-order valence-corrected chi connectivity index (χ0v) is 21.0. The molecule has 0 aliphatic carbocycles. The van der Waals surface area contributed by atoms with Crippen LogP contribution in [0.5, 0.6) is 5.75 Å². The first-order valence-corrected chi connectivity index (χ1v) is 12.3. The third-order valence-electron chi connectivity index (χ3n) is 6.47. The Hall–Kier alpha value is -4.86. The molecule has 3 heterocycles. The smallest absolute Gasteiger partial charge is 0.255 e. The van der Waals surface area contributed by atoms with Crippen LogP contribution in [0.2, 0.25) is 0 Å². The molecule has 1 aliphatic heterocycles. The quantitative estimate of drug-likeness (QED) is 0.324. The summed E-state index contributed by atoms with van der Waals surface area (Å²) in [7, 11) is 1.82. The van der Waals surface area contributed by atoms with Crippen molar-refractivity contribution in [1.29, 1.82) is 0 Å². The molecule has 1 atom stereocenters. The Morgan fingerprint density at radius 3 is 2.63 bits per heavy atom. The number of carbonyl (C=O) groups excluding carboxylic acids is 2. The van der Waals surface area contributed by atoms with Gasteiger partial charge in [0.25, 0.3) is 11.8 Å². The van der Waals surface area contributed by atoms with Gasteiger partial charge in [-0.15, -0.1) is 0 Å². The first kappa shape index (κ1) is 24.8. The highest BCUT2D eigenvalue weighted by molar-refractivity contribution is 6.00. The minimum Gasteiger partial charge on any atom is -0.489 e. The first-order chi connectivity index (χ1) is 18.4. The molecule has 10 nitrogen and oxygen atoms in total. The molecule has 194 valence electrons. The number of anilines is 2. The van der Waals surface area contributed by atoms with Crippen LogP contribution in [0.25, 0.3) is 11.1 Å². The number of carbonyl (C=O) groups is 2. The van der Waals surface area contributed by atoms with E-state index in [0.29, 0.717) is 48.7 Å². The summed E-state index contributed by atoms with van der Waals surface area (Å²) in [6.07, 6.45) is 5.81. The Labute approximate surface area is 220 Å². The number of amides is 2. The van der Waals surface area contributed by atoms with Crippen molar-refractivity contribution in [1.82, 2.24) is 25.0 Å².